The molecule has 1 fully saturated rings. The standard InChI is InChI=1S/C29H26N4O2.ClH/c34-28(23-12-5-8-20-7-1-2-10-22(20)23)31-25-13-4-3-11-24(25)29-32-27-21(9-6-14-26(27)35-29)19-33-17-15-30-16-18-33;/h1-14,30H,15-19H2,(H,31,34);1H. The molecule has 0 unspecified atom stereocenters. The molecule has 0 spiro atoms. The first-order valence-corrected chi connectivity index (χ1v) is 12.0. The first kappa shape index (κ1) is 24.0. The van der Waals surface area contributed by atoms with Crippen LogP contribution in [0.5, 0.6) is 0 Å². The molecule has 0 atom stereocenters. The summed E-state index contributed by atoms with van der Waals surface area (Å²) < 4.78 is 6.19. The van der Waals surface area contributed by atoms with Crippen molar-refractivity contribution in [1.82, 2.24) is 15.2 Å². The maximum absolute atomic E-state index is 13.3. The number of rotatable bonds is 5. The molecule has 0 bridgehead atoms. The first-order valence-electron chi connectivity index (χ1n) is 12.0. The second-order valence-corrected chi connectivity index (χ2v) is 8.84. The molecule has 2 heterocycles. The lowest BCUT2D eigenvalue weighted by molar-refractivity contribution is 0.102. The number of piperazine rings is 1. The summed E-state index contributed by atoms with van der Waals surface area (Å²) in [5.41, 5.74) is 4.83. The lowest BCUT2D eigenvalue weighted by Gasteiger charge is -2.27. The third-order valence-electron chi connectivity index (χ3n) is 6.55. The number of carbonyl (C=O) groups excluding carboxylic acids is 1. The van der Waals surface area contributed by atoms with Gasteiger partial charge in [0.25, 0.3) is 5.91 Å². The Morgan fingerprint density at radius 1 is 0.917 bits per heavy atom. The number of fused-ring (bicyclic) bond motifs is 2. The van der Waals surface area contributed by atoms with Gasteiger partial charge in [-0.1, -0.05) is 60.7 Å². The zero-order valence-corrected chi connectivity index (χ0v) is 20.6. The SMILES string of the molecule is Cl.O=C(Nc1ccccc1-c1nc2c(CN3CCNCC3)cccc2o1)c1cccc2ccccc12. The number of halogens is 1. The van der Waals surface area contributed by atoms with E-state index in [1.807, 2.05) is 78.9 Å². The topological polar surface area (TPSA) is 70.4 Å². The van der Waals surface area contributed by atoms with Crippen LogP contribution in [0.1, 0.15) is 15.9 Å². The Bertz CT molecular complexity index is 1520. The summed E-state index contributed by atoms with van der Waals surface area (Å²) in [6.45, 7) is 4.88. The number of amides is 1. The van der Waals surface area contributed by atoms with Gasteiger partial charge in [-0.15, -0.1) is 12.4 Å². The van der Waals surface area contributed by atoms with E-state index in [-0.39, 0.29) is 18.3 Å². The van der Waals surface area contributed by atoms with Gasteiger partial charge < -0.3 is 15.1 Å². The Morgan fingerprint density at radius 3 is 2.56 bits per heavy atom. The fourth-order valence-corrected chi connectivity index (χ4v) is 4.75. The van der Waals surface area contributed by atoms with Crippen molar-refractivity contribution in [2.45, 2.75) is 6.54 Å². The Hall–Kier alpha value is -3.71. The molecule has 6 nitrogen and oxygen atoms in total. The van der Waals surface area contributed by atoms with E-state index in [4.69, 9.17) is 9.40 Å². The molecule has 0 saturated carbocycles. The molecular formula is C29H27ClN4O2. The van der Waals surface area contributed by atoms with Crippen LogP contribution in [0.15, 0.2) is 89.3 Å². The summed E-state index contributed by atoms with van der Waals surface area (Å²) in [6.07, 6.45) is 0. The summed E-state index contributed by atoms with van der Waals surface area (Å²) >= 11 is 0. The van der Waals surface area contributed by atoms with Crippen molar-refractivity contribution in [1.29, 1.82) is 0 Å². The van der Waals surface area contributed by atoms with E-state index in [0.717, 1.165) is 65.7 Å². The molecule has 6 rings (SSSR count). The number of aromatic nitrogens is 1. The summed E-state index contributed by atoms with van der Waals surface area (Å²) in [5.74, 6) is 0.339. The molecule has 5 aromatic rings. The molecule has 7 heteroatoms. The van der Waals surface area contributed by atoms with E-state index in [9.17, 15) is 4.79 Å². The number of nitrogens with one attached hydrogen (secondary N) is 2. The molecule has 1 amide bonds. The first-order chi connectivity index (χ1) is 17.3. The lowest BCUT2D eigenvalue weighted by atomic mass is 10.0. The van der Waals surface area contributed by atoms with Gasteiger partial charge in [-0.3, -0.25) is 9.69 Å². The summed E-state index contributed by atoms with van der Waals surface area (Å²) in [4.78, 5) is 20.6. The third kappa shape index (κ3) is 4.71. The minimum atomic E-state index is -0.162. The Labute approximate surface area is 215 Å². The summed E-state index contributed by atoms with van der Waals surface area (Å²) in [7, 11) is 0. The normalized spacial score (nSPS) is 14.0. The van der Waals surface area contributed by atoms with Crippen LogP contribution in [0.2, 0.25) is 0 Å². The minimum absolute atomic E-state index is 0. The van der Waals surface area contributed by atoms with E-state index in [0.29, 0.717) is 17.1 Å². The number of nitrogens with zero attached hydrogens (tertiary/aromatic N) is 2. The van der Waals surface area contributed by atoms with Crippen LogP contribution in [0.4, 0.5) is 5.69 Å². The van der Waals surface area contributed by atoms with Crippen LogP contribution in [-0.4, -0.2) is 42.0 Å². The van der Waals surface area contributed by atoms with E-state index >= 15 is 0 Å². The van der Waals surface area contributed by atoms with Crippen LogP contribution >= 0.6 is 12.4 Å². The molecule has 4 aromatic carbocycles. The van der Waals surface area contributed by atoms with Gasteiger partial charge in [0, 0.05) is 38.3 Å². The van der Waals surface area contributed by atoms with Gasteiger partial charge in [0.15, 0.2) is 5.58 Å². The van der Waals surface area contributed by atoms with Crippen molar-refractivity contribution in [2.75, 3.05) is 31.5 Å². The van der Waals surface area contributed by atoms with Gasteiger partial charge in [-0.05, 0) is 40.6 Å². The van der Waals surface area contributed by atoms with Crippen molar-refractivity contribution in [3.8, 4) is 11.5 Å². The van der Waals surface area contributed by atoms with Crippen molar-refractivity contribution in [2.24, 2.45) is 0 Å². The zero-order valence-electron chi connectivity index (χ0n) is 19.7. The Kier molecular flexibility index (Phi) is 7.00. The predicted molar refractivity (Wildman–Crippen MR) is 147 cm³/mol. The maximum atomic E-state index is 13.3. The highest BCUT2D eigenvalue weighted by Crippen LogP contribution is 2.32. The van der Waals surface area contributed by atoms with Crippen LogP contribution < -0.4 is 10.6 Å². The highest BCUT2D eigenvalue weighted by atomic mass is 35.5. The smallest absolute Gasteiger partial charge is 0.256 e. The van der Waals surface area contributed by atoms with Crippen LogP contribution in [0, 0.1) is 0 Å². The molecule has 1 aliphatic heterocycles. The molecular weight excluding hydrogens is 472 g/mol. The van der Waals surface area contributed by atoms with Crippen LogP contribution in [0.25, 0.3) is 33.3 Å². The number of carbonyl (C=O) groups is 1. The molecule has 1 aromatic heterocycles. The largest absolute Gasteiger partial charge is 0.436 e. The van der Waals surface area contributed by atoms with Crippen LogP contribution in [-0.2, 0) is 6.54 Å². The summed E-state index contributed by atoms with van der Waals surface area (Å²) in [6, 6.07) is 27.4. The number of oxazole rings is 1. The zero-order chi connectivity index (χ0) is 23.6. The van der Waals surface area contributed by atoms with Gasteiger partial charge in [0.1, 0.15) is 5.52 Å². The monoisotopic (exact) mass is 498 g/mol. The van der Waals surface area contributed by atoms with Gasteiger partial charge >= 0.3 is 0 Å². The van der Waals surface area contributed by atoms with Crippen LogP contribution in [0.3, 0.4) is 0 Å². The number of benzene rings is 4. The number of hydrogen-bond acceptors (Lipinski definition) is 5. The molecule has 1 saturated heterocycles. The quantitative estimate of drug-likeness (QED) is 0.324. The third-order valence-corrected chi connectivity index (χ3v) is 6.55. The Balaban J connectivity index is 0.00000267. The van der Waals surface area contributed by atoms with E-state index in [1.165, 1.54) is 0 Å². The molecule has 0 aliphatic carbocycles. The lowest BCUT2D eigenvalue weighted by Crippen LogP contribution is -2.42. The molecule has 0 radical (unpaired) electrons. The maximum Gasteiger partial charge on any atom is 0.256 e. The molecule has 2 N–H and O–H groups in total. The number of hydrogen-bond donors (Lipinski definition) is 2. The van der Waals surface area contributed by atoms with E-state index < -0.39 is 0 Å². The number of para-hydroxylation sites is 2. The highest BCUT2D eigenvalue weighted by Gasteiger charge is 2.18. The van der Waals surface area contributed by atoms with Crippen molar-refractivity contribution >= 4 is 45.9 Å². The van der Waals surface area contributed by atoms with E-state index in [1.54, 1.807) is 0 Å². The molecule has 182 valence electrons. The van der Waals surface area contributed by atoms with Crippen molar-refractivity contribution < 1.29 is 9.21 Å². The minimum Gasteiger partial charge on any atom is -0.436 e. The Morgan fingerprint density at radius 2 is 1.67 bits per heavy atom. The molecule has 36 heavy (non-hydrogen) atoms. The molecule has 1 aliphatic rings. The average molecular weight is 499 g/mol. The fourth-order valence-electron chi connectivity index (χ4n) is 4.75. The predicted octanol–water partition coefficient (Wildman–Crippen LogP) is 5.73. The number of anilines is 1. The van der Waals surface area contributed by atoms with Gasteiger partial charge in [0.05, 0.1) is 11.3 Å². The van der Waals surface area contributed by atoms with Gasteiger partial charge in [0.2, 0.25) is 5.89 Å². The van der Waals surface area contributed by atoms with Gasteiger partial charge in [-0.25, -0.2) is 4.98 Å². The fraction of sp³-hybridized carbons (Fsp3) is 0.172. The average Bonchev–Trinajstić information content (AvgIpc) is 3.34. The summed E-state index contributed by atoms with van der Waals surface area (Å²) in [5, 5.41) is 8.44. The highest BCUT2D eigenvalue weighted by molar-refractivity contribution is 6.13. The second-order valence-electron chi connectivity index (χ2n) is 8.84. The van der Waals surface area contributed by atoms with Crippen molar-refractivity contribution in [3.63, 3.8) is 0 Å². The van der Waals surface area contributed by atoms with Crippen molar-refractivity contribution in [3.05, 3.63) is 96.1 Å². The second kappa shape index (κ2) is 10.5. The van der Waals surface area contributed by atoms with E-state index in [2.05, 4.69) is 21.6 Å². The van der Waals surface area contributed by atoms with Gasteiger partial charge in [-0.2, -0.15) is 0 Å².